The van der Waals surface area contributed by atoms with Gasteiger partial charge in [-0.1, -0.05) is 0 Å². The van der Waals surface area contributed by atoms with Crippen LogP contribution in [0.15, 0.2) is 47.9 Å². The Morgan fingerprint density at radius 3 is 2.36 bits per heavy atom. The lowest BCUT2D eigenvalue weighted by Crippen LogP contribution is -2.32. The van der Waals surface area contributed by atoms with E-state index in [1.165, 1.54) is 6.07 Å². The van der Waals surface area contributed by atoms with Crippen molar-refractivity contribution in [3.63, 3.8) is 0 Å². The van der Waals surface area contributed by atoms with Gasteiger partial charge in [0, 0.05) is 30.9 Å². The largest absolute Gasteiger partial charge is 0.451 e. The number of hydrogen-bond acceptors (Lipinski definition) is 9. The van der Waals surface area contributed by atoms with Gasteiger partial charge in [0.1, 0.15) is 11.4 Å². The Balaban J connectivity index is 2.18. The van der Waals surface area contributed by atoms with Crippen molar-refractivity contribution in [1.82, 2.24) is 15.0 Å². The molecule has 0 spiro atoms. The van der Waals surface area contributed by atoms with Crippen LogP contribution in [0.5, 0.6) is 0 Å². The highest BCUT2D eigenvalue weighted by molar-refractivity contribution is 7.90. The third-order valence-corrected chi connectivity index (χ3v) is 5.63. The summed E-state index contributed by atoms with van der Waals surface area (Å²) in [5.41, 5.74) is -2.87. The molecule has 0 radical (unpaired) electrons. The molecule has 0 aliphatic heterocycles. The monoisotopic (exact) mass is 527 g/mol. The van der Waals surface area contributed by atoms with Gasteiger partial charge in [-0.05, 0) is 23.8 Å². The molecule has 0 bridgehead atoms. The SMILES string of the molecule is CS(=O)(=O)c1ncccc1N(Cc1cc(F)c(C=O)c([N+](=O)[O-])c1)C(=O)c1cnc(C(F)(F)F)nc1. The van der Waals surface area contributed by atoms with Crippen LogP contribution in [0.2, 0.25) is 0 Å². The third kappa shape index (κ3) is 5.48. The topological polar surface area (TPSA) is 153 Å². The number of hydrogen-bond donors (Lipinski definition) is 0. The molecule has 11 nitrogen and oxygen atoms in total. The lowest BCUT2D eigenvalue weighted by atomic mass is 10.1. The van der Waals surface area contributed by atoms with E-state index in [0.717, 1.165) is 30.7 Å². The minimum atomic E-state index is -4.90. The average Bonchev–Trinajstić information content (AvgIpc) is 2.80. The predicted molar refractivity (Wildman–Crippen MR) is 113 cm³/mol. The number of amides is 1. The molecule has 0 saturated carbocycles. The van der Waals surface area contributed by atoms with Crippen molar-refractivity contribution < 1.29 is 40.5 Å². The normalized spacial score (nSPS) is 11.7. The van der Waals surface area contributed by atoms with Gasteiger partial charge in [-0.3, -0.25) is 19.7 Å². The van der Waals surface area contributed by atoms with Gasteiger partial charge in [-0.25, -0.2) is 27.8 Å². The summed E-state index contributed by atoms with van der Waals surface area (Å²) >= 11 is 0. The highest BCUT2D eigenvalue weighted by Crippen LogP contribution is 2.30. The van der Waals surface area contributed by atoms with Crippen molar-refractivity contribution in [2.45, 2.75) is 17.7 Å². The zero-order chi connectivity index (χ0) is 26.8. The molecule has 0 saturated heterocycles. The standard InChI is InChI=1S/C20H13F4N5O6S/c1-36(34,35)17-15(3-2-4-25-17)28(18(31)12-7-26-19(27-8-12)20(22,23)24)9-11-5-14(21)13(10-30)16(6-11)29(32)33/h2-8,10H,9H2,1H3. The molecule has 0 aliphatic carbocycles. The van der Waals surface area contributed by atoms with Gasteiger partial charge < -0.3 is 4.90 Å². The molecule has 0 fully saturated rings. The summed E-state index contributed by atoms with van der Waals surface area (Å²) in [4.78, 5) is 45.2. The van der Waals surface area contributed by atoms with Crippen molar-refractivity contribution in [2.24, 2.45) is 0 Å². The summed E-state index contributed by atoms with van der Waals surface area (Å²) in [6.45, 7) is -0.703. The van der Waals surface area contributed by atoms with Gasteiger partial charge in [0.2, 0.25) is 5.82 Å². The van der Waals surface area contributed by atoms with Crippen molar-refractivity contribution >= 4 is 33.4 Å². The van der Waals surface area contributed by atoms with E-state index in [9.17, 15) is 45.7 Å². The van der Waals surface area contributed by atoms with Gasteiger partial charge in [0.05, 0.1) is 22.7 Å². The first-order chi connectivity index (χ1) is 16.7. The molecule has 0 N–H and O–H groups in total. The van der Waals surface area contributed by atoms with Crippen LogP contribution >= 0.6 is 0 Å². The Bertz CT molecular complexity index is 1460. The molecular formula is C20H13F4N5O6S. The molecule has 36 heavy (non-hydrogen) atoms. The maximum atomic E-state index is 14.4. The summed E-state index contributed by atoms with van der Waals surface area (Å²) in [7, 11) is -4.07. The summed E-state index contributed by atoms with van der Waals surface area (Å²) < 4.78 is 77.4. The third-order valence-electron chi connectivity index (χ3n) is 4.61. The maximum absolute atomic E-state index is 14.4. The zero-order valence-corrected chi connectivity index (χ0v) is 18.7. The van der Waals surface area contributed by atoms with E-state index in [-0.39, 0.29) is 17.5 Å². The number of nitro groups is 1. The van der Waals surface area contributed by atoms with E-state index in [0.29, 0.717) is 17.3 Å². The minimum absolute atomic E-state index is 0.0669. The van der Waals surface area contributed by atoms with Gasteiger partial charge in [-0.15, -0.1) is 0 Å². The van der Waals surface area contributed by atoms with Crippen LogP contribution in [0, 0.1) is 15.9 Å². The second kappa shape index (κ2) is 9.73. The Kier molecular flexibility index (Phi) is 7.10. The molecule has 0 aliphatic rings. The van der Waals surface area contributed by atoms with Gasteiger partial charge in [0.25, 0.3) is 11.6 Å². The van der Waals surface area contributed by atoms with Crippen molar-refractivity contribution in [2.75, 3.05) is 11.2 Å². The number of pyridine rings is 1. The molecule has 1 amide bonds. The summed E-state index contributed by atoms with van der Waals surface area (Å²) in [6.07, 6.45) is -1.97. The highest BCUT2D eigenvalue weighted by Gasteiger charge is 2.35. The lowest BCUT2D eigenvalue weighted by molar-refractivity contribution is -0.385. The summed E-state index contributed by atoms with van der Waals surface area (Å²) in [5.74, 6) is -3.94. The molecule has 3 aromatic rings. The molecule has 2 heterocycles. The average molecular weight is 527 g/mol. The van der Waals surface area contributed by atoms with Crippen LogP contribution in [0.4, 0.5) is 28.9 Å². The van der Waals surface area contributed by atoms with Crippen molar-refractivity contribution in [1.29, 1.82) is 0 Å². The van der Waals surface area contributed by atoms with Gasteiger partial charge in [0.15, 0.2) is 21.1 Å². The summed E-state index contributed by atoms with van der Waals surface area (Å²) in [5, 5.41) is 10.7. The van der Waals surface area contributed by atoms with Crippen LogP contribution in [0.25, 0.3) is 0 Å². The molecular weight excluding hydrogens is 514 g/mol. The molecule has 0 unspecified atom stereocenters. The highest BCUT2D eigenvalue weighted by atomic mass is 32.2. The molecule has 2 aromatic heterocycles. The van der Waals surface area contributed by atoms with E-state index in [2.05, 4.69) is 15.0 Å². The fourth-order valence-electron chi connectivity index (χ4n) is 3.08. The smallest absolute Gasteiger partial charge is 0.301 e. The number of anilines is 1. The van der Waals surface area contributed by atoms with Crippen LogP contribution in [0.3, 0.4) is 0 Å². The quantitative estimate of drug-likeness (QED) is 0.195. The number of alkyl halides is 3. The Hall–Kier alpha value is -4.34. The van der Waals surface area contributed by atoms with E-state index in [1.807, 2.05) is 0 Å². The van der Waals surface area contributed by atoms with Crippen molar-refractivity contribution in [3.05, 3.63) is 81.3 Å². The van der Waals surface area contributed by atoms with Crippen LogP contribution < -0.4 is 4.90 Å². The molecule has 0 atom stereocenters. The fourth-order valence-corrected chi connectivity index (χ4v) is 3.89. The predicted octanol–water partition coefficient (Wildman–Crippen LogP) is 3.00. The van der Waals surface area contributed by atoms with E-state index in [1.54, 1.807) is 0 Å². The first-order valence-corrected chi connectivity index (χ1v) is 11.4. The van der Waals surface area contributed by atoms with Gasteiger partial charge >= 0.3 is 6.18 Å². The molecule has 1 aromatic carbocycles. The Morgan fingerprint density at radius 1 is 1.19 bits per heavy atom. The zero-order valence-electron chi connectivity index (χ0n) is 17.9. The van der Waals surface area contributed by atoms with E-state index >= 15 is 0 Å². The first-order valence-electron chi connectivity index (χ1n) is 9.52. The molecule has 188 valence electrons. The van der Waals surface area contributed by atoms with Crippen LogP contribution in [0.1, 0.15) is 32.1 Å². The molecule has 16 heteroatoms. The number of nitro benzene ring substituents is 1. The minimum Gasteiger partial charge on any atom is -0.301 e. The van der Waals surface area contributed by atoms with Crippen LogP contribution in [-0.2, 0) is 22.6 Å². The fraction of sp³-hybridized carbons (Fsp3) is 0.150. The van der Waals surface area contributed by atoms with E-state index in [4.69, 9.17) is 0 Å². The second-order valence-corrected chi connectivity index (χ2v) is 9.10. The van der Waals surface area contributed by atoms with E-state index < -0.39 is 66.9 Å². The molecule has 3 rings (SSSR count). The lowest BCUT2D eigenvalue weighted by Gasteiger charge is -2.24. The number of halogens is 4. The van der Waals surface area contributed by atoms with Crippen LogP contribution in [-0.4, -0.2) is 46.7 Å². The number of aromatic nitrogens is 3. The number of rotatable bonds is 7. The second-order valence-electron chi connectivity index (χ2n) is 7.17. The summed E-state index contributed by atoms with van der Waals surface area (Å²) in [6, 6.07) is 3.92. The Morgan fingerprint density at radius 2 is 1.83 bits per heavy atom. The Labute approximate surface area is 199 Å². The number of carbonyl (C=O) groups is 2. The number of sulfone groups is 1. The van der Waals surface area contributed by atoms with Crippen molar-refractivity contribution in [3.8, 4) is 0 Å². The number of benzene rings is 1. The number of nitrogens with zero attached hydrogens (tertiary/aromatic N) is 5. The maximum Gasteiger partial charge on any atom is 0.451 e. The number of aldehydes is 1. The number of carbonyl (C=O) groups excluding carboxylic acids is 2. The van der Waals surface area contributed by atoms with Gasteiger partial charge in [-0.2, -0.15) is 13.2 Å². The first kappa shape index (κ1) is 26.3.